The summed E-state index contributed by atoms with van der Waals surface area (Å²) in [5.74, 6) is -0.196. The Hall–Kier alpha value is -2.78. The van der Waals surface area contributed by atoms with Crippen LogP contribution in [0.3, 0.4) is 0 Å². The van der Waals surface area contributed by atoms with Crippen molar-refractivity contribution in [3.63, 3.8) is 0 Å². The molecule has 0 saturated carbocycles. The summed E-state index contributed by atoms with van der Waals surface area (Å²) in [6.45, 7) is 13.3. The topological polar surface area (TPSA) is 12.0 Å². The van der Waals surface area contributed by atoms with Crippen LogP contribution in [0.5, 0.6) is 0 Å². The van der Waals surface area contributed by atoms with Crippen LogP contribution in [-0.2, 0) is 13.0 Å². The van der Waals surface area contributed by atoms with E-state index in [2.05, 4.69) is 82.6 Å². The lowest BCUT2D eigenvalue weighted by atomic mass is 9.90. The maximum absolute atomic E-state index is 13.6. The summed E-state index contributed by atoms with van der Waals surface area (Å²) in [7, 11) is 0. The zero-order valence-electron chi connectivity index (χ0n) is 18.7. The van der Waals surface area contributed by atoms with Gasteiger partial charge in [0.15, 0.2) is 0 Å². The van der Waals surface area contributed by atoms with Crippen molar-refractivity contribution in [1.82, 2.24) is 5.32 Å². The largest absolute Gasteiger partial charge is 0.381 e. The predicted octanol–water partition coefficient (Wildman–Crippen LogP) is 7.53. The lowest BCUT2D eigenvalue weighted by molar-refractivity contribution is 0.626. The van der Waals surface area contributed by atoms with Crippen molar-refractivity contribution < 1.29 is 4.39 Å². The fourth-order valence-electron chi connectivity index (χ4n) is 3.84. The molecular formula is C28H30FNS. The van der Waals surface area contributed by atoms with Gasteiger partial charge in [0.2, 0.25) is 0 Å². The first-order valence-corrected chi connectivity index (χ1v) is 10.9. The maximum atomic E-state index is 13.6. The number of thiol groups is 1. The molecule has 0 radical (unpaired) electrons. The van der Waals surface area contributed by atoms with Crippen LogP contribution in [0.15, 0.2) is 77.7 Å². The number of halogens is 1. The fourth-order valence-corrected chi connectivity index (χ4v) is 4.21. The van der Waals surface area contributed by atoms with Crippen LogP contribution in [0.25, 0.3) is 11.3 Å². The number of allylic oxidation sites excluding steroid dienone is 2. The van der Waals surface area contributed by atoms with Gasteiger partial charge in [-0.15, -0.1) is 12.6 Å². The van der Waals surface area contributed by atoms with E-state index in [1.54, 1.807) is 12.1 Å². The standard InChI is InChI=1S/C28H30FNS/c1-18(2)28(16-22-7-6-8-25(29)14-22)27-10-9-24(13-20(27)4)21(5)30-17-23-11-19(3)12-26(31)15-23/h6-15,30-31H,5,16-17H2,1-4H3. The minimum atomic E-state index is -0.196. The summed E-state index contributed by atoms with van der Waals surface area (Å²) in [5, 5.41) is 3.43. The van der Waals surface area contributed by atoms with E-state index < -0.39 is 0 Å². The lowest BCUT2D eigenvalue weighted by Gasteiger charge is -2.17. The molecule has 3 aromatic rings. The third-order valence-corrected chi connectivity index (χ3v) is 5.66. The van der Waals surface area contributed by atoms with Crippen LogP contribution < -0.4 is 5.32 Å². The van der Waals surface area contributed by atoms with E-state index in [0.717, 1.165) is 21.7 Å². The zero-order chi connectivity index (χ0) is 22.5. The van der Waals surface area contributed by atoms with Gasteiger partial charge in [0, 0.05) is 17.1 Å². The molecule has 0 saturated heterocycles. The molecule has 0 heterocycles. The Balaban J connectivity index is 1.77. The molecule has 0 amide bonds. The molecule has 0 aliphatic rings. The van der Waals surface area contributed by atoms with Crippen molar-refractivity contribution >= 4 is 23.9 Å². The highest BCUT2D eigenvalue weighted by Gasteiger charge is 2.11. The van der Waals surface area contributed by atoms with Crippen LogP contribution in [0, 0.1) is 19.7 Å². The average molecular weight is 432 g/mol. The van der Waals surface area contributed by atoms with E-state index in [0.29, 0.717) is 13.0 Å². The van der Waals surface area contributed by atoms with Crippen LogP contribution in [0.4, 0.5) is 4.39 Å². The molecule has 0 aliphatic heterocycles. The van der Waals surface area contributed by atoms with E-state index in [-0.39, 0.29) is 5.82 Å². The molecule has 0 bridgehead atoms. The fraction of sp³-hybridized carbons (Fsp3) is 0.214. The number of aryl methyl sites for hydroxylation is 2. The van der Waals surface area contributed by atoms with Gasteiger partial charge in [-0.25, -0.2) is 4.39 Å². The first kappa shape index (κ1) is 22.9. The number of benzene rings is 3. The molecule has 0 fully saturated rings. The highest BCUT2D eigenvalue weighted by atomic mass is 32.1. The molecule has 160 valence electrons. The molecule has 31 heavy (non-hydrogen) atoms. The second-order valence-electron chi connectivity index (χ2n) is 8.32. The van der Waals surface area contributed by atoms with E-state index in [4.69, 9.17) is 0 Å². The minimum Gasteiger partial charge on any atom is -0.381 e. The number of hydrogen-bond acceptors (Lipinski definition) is 2. The Bertz CT molecular complexity index is 1120. The highest BCUT2D eigenvalue weighted by Crippen LogP contribution is 2.28. The molecule has 3 heteroatoms. The van der Waals surface area contributed by atoms with Crippen molar-refractivity contribution in [2.45, 2.75) is 45.6 Å². The Morgan fingerprint density at radius 2 is 1.74 bits per heavy atom. The summed E-state index contributed by atoms with van der Waals surface area (Å²) in [6, 6.07) is 19.5. The van der Waals surface area contributed by atoms with Gasteiger partial charge in [-0.2, -0.15) is 0 Å². The van der Waals surface area contributed by atoms with Gasteiger partial charge < -0.3 is 5.32 Å². The molecule has 3 rings (SSSR count). The first-order valence-electron chi connectivity index (χ1n) is 10.5. The molecule has 0 aromatic heterocycles. The summed E-state index contributed by atoms with van der Waals surface area (Å²) in [6.07, 6.45) is 0.707. The number of rotatable bonds is 7. The van der Waals surface area contributed by atoms with Gasteiger partial charge in [0.05, 0.1) is 0 Å². The molecule has 0 unspecified atom stereocenters. The smallest absolute Gasteiger partial charge is 0.123 e. The third-order valence-electron chi connectivity index (χ3n) is 5.40. The van der Waals surface area contributed by atoms with Crippen LogP contribution in [0.1, 0.15) is 47.2 Å². The van der Waals surface area contributed by atoms with E-state index in [1.807, 2.05) is 12.1 Å². The summed E-state index contributed by atoms with van der Waals surface area (Å²) in [5.41, 5.74) is 10.2. The summed E-state index contributed by atoms with van der Waals surface area (Å²) in [4.78, 5) is 0.968. The average Bonchev–Trinajstić information content (AvgIpc) is 2.69. The third kappa shape index (κ3) is 6.11. The Kier molecular flexibility index (Phi) is 7.40. The summed E-state index contributed by atoms with van der Waals surface area (Å²) < 4.78 is 13.6. The monoisotopic (exact) mass is 431 g/mol. The molecular weight excluding hydrogens is 401 g/mol. The highest BCUT2D eigenvalue weighted by molar-refractivity contribution is 7.80. The number of hydrogen-bond donors (Lipinski definition) is 2. The first-order chi connectivity index (χ1) is 14.7. The normalized spacial score (nSPS) is 10.6. The van der Waals surface area contributed by atoms with Crippen molar-refractivity contribution in [3.8, 4) is 0 Å². The van der Waals surface area contributed by atoms with Crippen LogP contribution in [-0.4, -0.2) is 0 Å². The lowest BCUT2D eigenvalue weighted by Crippen LogP contribution is -2.11. The van der Waals surface area contributed by atoms with Gasteiger partial charge >= 0.3 is 0 Å². The van der Waals surface area contributed by atoms with E-state index >= 15 is 0 Å². The quantitative estimate of drug-likeness (QED) is 0.369. The summed E-state index contributed by atoms with van der Waals surface area (Å²) >= 11 is 4.46. The predicted molar refractivity (Wildman–Crippen MR) is 134 cm³/mol. The molecule has 1 N–H and O–H groups in total. The van der Waals surface area contributed by atoms with E-state index in [1.165, 1.54) is 39.5 Å². The van der Waals surface area contributed by atoms with Gasteiger partial charge in [-0.1, -0.05) is 42.5 Å². The Morgan fingerprint density at radius 1 is 0.968 bits per heavy atom. The Labute approximate surface area is 191 Å². The van der Waals surface area contributed by atoms with Crippen LogP contribution in [0.2, 0.25) is 0 Å². The van der Waals surface area contributed by atoms with Crippen molar-refractivity contribution in [3.05, 3.63) is 112 Å². The molecule has 3 aromatic carbocycles. The van der Waals surface area contributed by atoms with Gasteiger partial charge in [-0.3, -0.25) is 0 Å². The van der Waals surface area contributed by atoms with Gasteiger partial charge in [-0.05, 0) is 103 Å². The maximum Gasteiger partial charge on any atom is 0.123 e. The second kappa shape index (κ2) is 10.0. The second-order valence-corrected chi connectivity index (χ2v) is 8.84. The van der Waals surface area contributed by atoms with Crippen molar-refractivity contribution in [1.29, 1.82) is 0 Å². The molecule has 0 aliphatic carbocycles. The molecule has 0 atom stereocenters. The van der Waals surface area contributed by atoms with E-state index in [9.17, 15) is 4.39 Å². The SMILES string of the molecule is C=C(NCc1cc(C)cc(S)c1)c1ccc(C(Cc2cccc(F)c2)=C(C)C)c(C)c1. The minimum absolute atomic E-state index is 0.196. The number of nitrogens with one attached hydrogen (secondary N) is 1. The van der Waals surface area contributed by atoms with Crippen molar-refractivity contribution in [2.75, 3.05) is 0 Å². The van der Waals surface area contributed by atoms with Gasteiger partial charge in [0.1, 0.15) is 5.82 Å². The van der Waals surface area contributed by atoms with Crippen molar-refractivity contribution in [2.24, 2.45) is 0 Å². The molecule has 0 spiro atoms. The van der Waals surface area contributed by atoms with Crippen LogP contribution >= 0.6 is 12.6 Å². The molecule has 1 nitrogen and oxygen atoms in total. The van der Waals surface area contributed by atoms with Gasteiger partial charge in [0.25, 0.3) is 0 Å². The zero-order valence-corrected chi connectivity index (χ0v) is 19.6. The Morgan fingerprint density at radius 3 is 2.39 bits per heavy atom.